The van der Waals surface area contributed by atoms with Gasteiger partial charge in [-0.05, 0) is 0 Å². The van der Waals surface area contributed by atoms with Gasteiger partial charge < -0.3 is 24.2 Å². The highest BCUT2D eigenvalue weighted by atomic mass is 16.6. The second-order valence-electron chi connectivity index (χ2n) is 5.67. The van der Waals surface area contributed by atoms with Crippen LogP contribution in [0.3, 0.4) is 0 Å². The minimum Gasteiger partial charge on any atom is -0.466 e. The Morgan fingerprint density at radius 3 is 2.34 bits per heavy atom. The van der Waals surface area contributed by atoms with Gasteiger partial charge in [0.25, 0.3) is 11.4 Å². The van der Waals surface area contributed by atoms with Crippen molar-refractivity contribution >= 4 is 29.0 Å². The van der Waals surface area contributed by atoms with Gasteiger partial charge in [0, 0.05) is 19.1 Å². The van der Waals surface area contributed by atoms with Crippen LogP contribution in [-0.2, 0) is 30.2 Å². The first-order valence-electron chi connectivity index (χ1n) is 8.08. The van der Waals surface area contributed by atoms with Crippen LogP contribution in [0.1, 0.15) is 5.56 Å². The van der Waals surface area contributed by atoms with Crippen LogP contribution >= 0.6 is 0 Å². The molecule has 0 atom stereocenters. The zero-order valence-electron chi connectivity index (χ0n) is 15.4. The highest BCUT2D eigenvalue weighted by Gasteiger charge is 2.36. The number of methoxy groups -OCH3 is 2. The molecule has 0 fully saturated rings. The van der Waals surface area contributed by atoms with E-state index in [1.54, 1.807) is 0 Å². The van der Waals surface area contributed by atoms with Crippen LogP contribution in [0, 0.1) is 20.2 Å². The van der Waals surface area contributed by atoms with Gasteiger partial charge in [0.2, 0.25) is 0 Å². The molecule has 13 nitrogen and oxygen atoms in total. The number of esters is 2. The third-order valence-corrected chi connectivity index (χ3v) is 4.08. The SMILES string of the molecule is COC(=O)C1=C(C(=O)OC)N(c2cc([N+](=O)[O-])cc([N+](=O)[O-])c2CCO)COC1. The van der Waals surface area contributed by atoms with Crippen LogP contribution in [0.15, 0.2) is 23.4 Å². The first-order chi connectivity index (χ1) is 13.8. The smallest absolute Gasteiger partial charge is 0.355 e. The topological polar surface area (TPSA) is 172 Å². The first kappa shape index (κ1) is 21.7. The molecule has 1 aromatic carbocycles. The molecule has 0 spiro atoms. The third kappa shape index (κ3) is 4.30. The third-order valence-electron chi connectivity index (χ3n) is 4.08. The number of ether oxygens (including phenoxy) is 3. The first-order valence-corrected chi connectivity index (χ1v) is 8.08. The maximum Gasteiger partial charge on any atom is 0.355 e. The Balaban J connectivity index is 2.84. The molecule has 1 aliphatic rings. The number of carbonyl (C=O) groups is 2. The fraction of sp³-hybridized carbons (Fsp3) is 0.375. The Morgan fingerprint density at radius 1 is 1.17 bits per heavy atom. The van der Waals surface area contributed by atoms with Gasteiger partial charge in [-0.3, -0.25) is 20.2 Å². The van der Waals surface area contributed by atoms with Gasteiger partial charge in [0.1, 0.15) is 12.4 Å². The number of benzene rings is 1. The largest absolute Gasteiger partial charge is 0.466 e. The van der Waals surface area contributed by atoms with E-state index < -0.39 is 39.8 Å². The van der Waals surface area contributed by atoms with Crippen molar-refractivity contribution in [2.45, 2.75) is 6.42 Å². The van der Waals surface area contributed by atoms with Crippen LogP contribution in [0.2, 0.25) is 0 Å². The molecule has 156 valence electrons. The predicted octanol–water partition coefficient (Wildman–Crippen LogP) is 0.432. The molecular formula is C16H17N3O10. The van der Waals surface area contributed by atoms with Crippen LogP contribution in [0.5, 0.6) is 0 Å². The molecule has 0 aliphatic carbocycles. The summed E-state index contributed by atoms with van der Waals surface area (Å²) in [6.45, 7) is -1.18. The van der Waals surface area contributed by atoms with Gasteiger partial charge in [0.15, 0.2) is 0 Å². The van der Waals surface area contributed by atoms with Crippen LogP contribution < -0.4 is 4.90 Å². The van der Waals surface area contributed by atoms with Crippen LogP contribution in [-0.4, -0.2) is 61.1 Å². The maximum absolute atomic E-state index is 12.4. The summed E-state index contributed by atoms with van der Waals surface area (Å²) in [6, 6.07) is 1.74. The number of aliphatic hydroxyl groups is 1. The van der Waals surface area contributed by atoms with E-state index >= 15 is 0 Å². The predicted molar refractivity (Wildman–Crippen MR) is 94.9 cm³/mol. The van der Waals surface area contributed by atoms with E-state index in [4.69, 9.17) is 9.47 Å². The lowest BCUT2D eigenvalue weighted by Gasteiger charge is -2.32. The van der Waals surface area contributed by atoms with Gasteiger partial charge in [-0.1, -0.05) is 0 Å². The molecular weight excluding hydrogens is 394 g/mol. The van der Waals surface area contributed by atoms with Crippen molar-refractivity contribution in [3.8, 4) is 0 Å². The zero-order valence-corrected chi connectivity index (χ0v) is 15.4. The van der Waals surface area contributed by atoms with Crippen molar-refractivity contribution < 1.29 is 38.8 Å². The lowest BCUT2D eigenvalue weighted by Crippen LogP contribution is -2.39. The van der Waals surface area contributed by atoms with E-state index in [2.05, 4.69) is 4.74 Å². The average Bonchev–Trinajstić information content (AvgIpc) is 2.71. The molecule has 0 radical (unpaired) electrons. The van der Waals surface area contributed by atoms with Crippen molar-refractivity contribution in [2.75, 3.05) is 39.1 Å². The quantitative estimate of drug-likeness (QED) is 0.374. The number of aliphatic hydroxyl groups excluding tert-OH is 1. The molecule has 1 heterocycles. The lowest BCUT2D eigenvalue weighted by molar-refractivity contribution is -0.394. The summed E-state index contributed by atoms with van der Waals surface area (Å²) >= 11 is 0. The van der Waals surface area contributed by atoms with Gasteiger partial charge in [-0.15, -0.1) is 0 Å². The molecule has 29 heavy (non-hydrogen) atoms. The standard InChI is InChI=1S/C16H17N3O10/c1-27-15(21)11-7-29-8-17(14(11)16(22)28-2)12-5-9(18(23)24)6-13(19(25)26)10(12)3-4-20/h5-6,20H,3-4,7-8H2,1-2H3. The second-order valence-corrected chi connectivity index (χ2v) is 5.67. The normalized spacial score (nSPS) is 13.8. The van der Waals surface area contributed by atoms with E-state index in [1.165, 1.54) is 0 Å². The monoisotopic (exact) mass is 411 g/mol. The van der Waals surface area contributed by atoms with E-state index in [0.29, 0.717) is 0 Å². The van der Waals surface area contributed by atoms with Crippen molar-refractivity contribution in [3.63, 3.8) is 0 Å². The molecule has 1 aromatic rings. The molecule has 0 saturated heterocycles. The summed E-state index contributed by atoms with van der Waals surface area (Å²) in [7, 11) is 2.14. The molecule has 2 rings (SSSR count). The molecule has 0 bridgehead atoms. The van der Waals surface area contributed by atoms with Crippen LogP contribution in [0.4, 0.5) is 17.1 Å². The summed E-state index contributed by atoms with van der Waals surface area (Å²) in [5.74, 6) is -1.88. The van der Waals surface area contributed by atoms with Crippen molar-refractivity contribution in [1.82, 2.24) is 0 Å². The van der Waals surface area contributed by atoms with E-state index in [-0.39, 0.29) is 42.3 Å². The molecule has 0 saturated carbocycles. The minimum atomic E-state index is -0.974. The van der Waals surface area contributed by atoms with E-state index in [9.17, 15) is 34.9 Å². The van der Waals surface area contributed by atoms with Crippen molar-refractivity contribution in [3.05, 3.63) is 49.2 Å². The number of non-ortho nitro benzene ring substituents is 1. The van der Waals surface area contributed by atoms with Gasteiger partial charge in [-0.25, -0.2) is 9.59 Å². The summed E-state index contributed by atoms with van der Waals surface area (Å²) in [4.78, 5) is 46.6. The molecule has 0 unspecified atom stereocenters. The van der Waals surface area contributed by atoms with Crippen LogP contribution in [0.25, 0.3) is 0 Å². The summed E-state index contributed by atoms with van der Waals surface area (Å²) < 4.78 is 14.6. The Morgan fingerprint density at radius 2 is 1.83 bits per heavy atom. The number of hydrogen-bond donors (Lipinski definition) is 1. The summed E-state index contributed by atoms with van der Waals surface area (Å²) in [5, 5.41) is 32.1. The summed E-state index contributed by atoms with van der Waals surface area (Å²) in [6.07, 6.45) is -0.248. The van der Waals surface area contributed by atoms with E-state index in [1.807, 2.05) is 0 Å². The number of nitro groups is 2. The van der Waals surface area contributed by atoms with Crippen molar-refractivity contribution in [2.24, 2.45) is 0 Å². The Bertz CT molecular complexity index is 895. The molecule has 13 heteroatoms. The number of nitro benzene ring substituents is 2. The van der Waals surface area contributed by atoms with Gasteiger partial charge >= 0.3 is 11.9 Å². The Hall–Kier alpha value is -3.58. The second kappa shape index (κ2) is 9.07. The fourth-order valence-corrected chi connectivity index (χ4v) is 2.84. The number of rotatable bonds is 7. The highest BCUT2D eigenvalue weighted by molar-refractivity contribution is 6.03. The summed E-state index contributed by atoms with van der Waals surface area (Å²) in [5.41, 5.74) is -2.05. The number of nitrogens with zero attached hydrogens (tertiary/aromatic N) is 3. The van der Waals surface area contributed by atoms with E-state index in [0.717, 1.165) is 31.3 Å². The zero-order chi connectivity index (χ0) is 21.7. The highest BCUT2D eigenvalue weighted by Crippen LogP contribution is 2.38. The molecule has 0 aromatic heterocycles. The molecule has 1 aliphatic heterocycles. The number of anilines is 1. The Kier molecular flexibility index (Phi) is 6.80. The lowest BCUT2D eigenvalue weighted by atomic mass is 10.0. The minimum absolute atomic E-state index is 0.0841. The average molecular weight is 411 g/mol. The van der Waals surface area contributed by atoms with Gasteiger partial charge in [0.05, 0.1) is 53.6 Å². The number of hydrogen-bond acceptors (Lipinski definition) is 11. The maximum atomic E-state index is 12.4. The van der Waals surface area contributed by atoms with Gasteiger partial charge in [-0.2, -0.15) is 0 Å². The fourth-order valence-electron chi connectivity index (χ4n) is 2.84. The molecule has 1 N–H and O–H groups in total. The Labute approximate surface area is 163 Å². The number of carbonyl (C=O) groups excluding carboxylic acids is 2. The van der Waals surface area contributed by atoms with Crippen molar-refractivity contribution in [1.29, 1.82) is 0 Å². The molecule has 0 amide bonds.